The van der Waals surface area contributed by atoms with E-state index in [0.29, 0.717) is 0 Å². The van der Waals surface area contributed by atoms with E-state index in [-0.39, 0.29) is 16.5 Å². The van der Waals surface area contributed by atoms with Gasteiger partial charge < -0.3 is 0 Å². The smallest absolute Gasteiger partial charge is 0 e. The average molecular weight is 295 g/mol. The molecule has 1 atom stereocenters. The molecule has 0 N–H and O–H groups in total. The molecule has 0 aliphatic rings. The molecule has 0 amide bonds. The zero-order valence-electron chi connectivity index (χ0n) is 10.9. The molecule has 17 heavy (non-hydrogen) atoms. The molecule has 0 aromatic heterocycles. The maximum Gasteiger partial charge on any atom is 0 e. The second kappa shape index (κ2) is 11.2. The summed E-state index contributed by atoms with van der Waals surface area (Å²) in [6, 6.07) is 8.86. The summed E-state index contributed by atoms with van der Waals surface area (Å²) in [6.07, 6.45) is 11.0. The monoisotopic (exact) mass is 294 g/mol. The maximum atomic E-state index is 2.73. The average Bonchev–Trinajstić information content (AvgIpc) is 2.30. The fourth-order valence-corrected chi connectivity index (χ4v) is 2.16. The van der Waals surface area contributed by atoms with Crippen LogP contribution in [0, 0.1) is 0 Å². The van der Waals surface area contributed by atoms with E-state index in [9.17, 15) is 0 Å². The first-order valence-electron chi connectivity index (χ1n) is 6.67. The van der Waals surface area contributed by atoms with Crippen molar-refractivity contribution in [2.24, 2.45) is 0 Å². The number of hydrogen-bond acceptors (Lipinski definition) is 0. The third kappa shape index (κ3) is 8.81. The van der Waals surface area contributed by atoms with Gasteiger partial charge in [-0.25, -0.2) is 0 Å². The maximum absolute atomic E-state index is 2.73. The van der Waals surface area contributed by atoms with Gasteiger partial charge in [0.15, 0.2) is 0 Å². The number of hydrogen-bond donors (Lipinski definition) is 0. The summed E-state index contributed by atoms with van der Waals surface area (Å²) >= 11 is 0. The van der Waals surface area contributed by atoms with E-state index < -0.39 is 0 Å². The number of unbranched alkanes of at least 4 members (excludes halogenated alkanes) is 6. The molecule has 0 saturated heterocycles. The minimum absolute atomic E-state index is 0. The van der Waals surface area contributed by atoms with Crippen molar-refractivity contribution in [3.05, 3.63) is 29.8 Å². The van der Waals surface area contributed by atoms with Crippen LogP contribution in [-0.2, 0) is 22.9 Å². The summed E-state index contributed by atoms with van der Waals surface area (Å²) in [5.74, 6) is 0. The second-order valence-corrected chi connectivity index (χ2v) is 5.28. The molecule has 0 bridgehead atoms. The zero-order valence-corrected chi connectivity index (χ0v) is 13.0. The molecule has 0 heterocycles. The molecule has 0 aliphatic carbocycles. The van der Waals surface area contributed by atoms with Crippen LogP contribution in [0.15, 0.2) is 24.3 Å². The fraction of sp³-hybridized carbons (Fsp3) is 0.600. The molecule has 0 aliphatic heterocycles. The van der Waals surface area contributed by atoms with E-state index in [1.165, 1.54) is 62.2 Å². The predicted molar refractivity (Wildman–Crippen MR) is 77.5 cm³/mol. The Balaban J connectivity index is 0.00000256. The van der Waals surface area contributed by atoms with Crippen molar-refractivity contribution in [1.82, 2.24) is 0 Å². The van der Waals surface area contributed by atoms with Crippen molar-refractivity contribution in [3.8, 4) is 0 Å². The molecule has 0 radical (unpaired) electrons. The third-order valence-electron chi connectivity index (χ3n) is 3.05. The van der Waals surface area contributed by atoms with Gasteiger partial charge in [0.25, 0.3) is 0 Å². The van der Waals surface area contributed by atoms with E-state index >= 15 is 0 Å². The van der Waals surface area contributed by atoms with Crippen molar-refractivity contribution in [2.75, 3.05) is 0 Å². The van der Waals surface area contributed by atoms with Crippen LogP contribution in [0.4, 0.5) is 0 Å². The molecule has 0 nitrogen and oxygen atoms in total. The van der Waals surface area contributed by atoms with Crippen LogP contribution in [0.5, 0.6) is 0 Å². The van der Waals surface area contributed by atoms with Crippen molar-refractivity contribution in [3.63, 3.8) is 0 Å². The molecule has 0 fully saturated rings. The number of benzene rings is 1. The molecule has 100 valence electrons. The van der Waals surface area contributed by atoms with E-state index in [4.69, 9.17) is 0 Å². The first-order chi connectivity index (χ1) is 7.83. The fourth-order valence-electron chi connectivity index (χ4n) is 1.97. The van der Waals surface area contributed by atoms with Crippen molar-refractivity contribution < 1.29 is 16.5 Å². The van der Waals surface area contributed by atoms with Gasteiger partial charge in [-0.2, -0.15) is 0 Å². The molecule has 0 saturated carbocycles. The first kappa shape index (κ1) is 17.1. The molecule has 0 spiro atoms. The van der Waals surface area contributed by atoms with Gasteiger partial charge in [0, 0.05) is 16.5 Å². The van der Waals surface area contributed by atoms with Gasteiger partial charge >= 0.3 is 0 Å². The minimum atomic E-state index is 0. The van der Waals surface area contributed by atoms with Gasteiger partial charge in [-0.3, -0.25) is 0 Å². The van der Waals surface area contributed by atoms with Gasteiger partial charge in [0.05, 0.1) is 0 Å². The standard InChI is InChI=1S/C15H25P.Ni/c1-2-3-4-5-6-7-8-9-14-10-12-15(16)13-11-14;/h10-13H,2-9,16H2,1H3;. The Hall–Kier alpha value is 0.144. The van der Waals surface area contributed by atoms with E-state index in [1.54, 1.807) is 0 Å². The van der Waals surface area contributed by atoms with Crippen molar-refractivity contribution in [2.45, 2.75) is 58.3 Å². The van der Waals surface area contributed by atoms with Crippen LogP contribution in [0.25, 0.3) is 0 Å². The van der Waals surface area contributed by atoms with E-state index in [0.717, 1.165) is 0 Å². The van der Waals surface area contributed by atoms with Crippen LogP contribution in [-0.4, -0.2) is 0 Å². The van der Waals surface area contributed by atoms with Crippen molar-refractivity contribution >= 4 is 14.5 Å². The predicted octanol–water partition coefficient (Wildman–Crippen LogP) is 4.48. The Labute approximate surface area is 119 Å². The van der Waals surface area contributed by atoms with Crippen LogP contribution in [0.1, 0.15) is 57.4 Å². The Kier molecular flexibility index (Phi) is 11.3. The molecule has 1 aromatic carbocycles. The van der Waals surface area contributed by atoms with Gasteiger partial charge in [-0.1, -0.05) is 69.7 Å². The number of aryl methyl sites for hydroxylation is 1. The van der Waals surface area contributed by atoms with Gasteiger partial charge in [-0.15, -0.1) is 9.24 Å². The van der Waals surface area contributed by atoms with Crippen LogP contribution < -0.4 is 5.30 Å². The summed E-state index contributed by atoms with van der Waals surface area (Å²) < 4.78 is 0. The van der Waals surface area contributed by atoms with Crippen molar-refractivity contribution in [1.29, 1.82) is 0 Å². The number of rotatable bonds is 8. The zero-order chi connectivity index (χ0) is 11.6. The SMILES string of the molecule is CCCCCCCCCc1ccc(P)cc1.[Ni]. The topological polar surface area (TPSA) is 0 Å². The second-order valence-electron chi connectivity index (χ2n) is 4.61. The molecular formula is C15H25NiP. The van der Waals surface area contributed by atoms with Gasteiger partial charge in [-0.05, 0) is 23.7 Å². The minimum Gasteiger partial charge on any atom is -0.106 e. The van der Waals surface area contributed by atoms with Gasteiger partial charge in [0.1, 0.15) is 0 Å². The normalized spacial score (nSPS) is 10.0. The molecule has 1 unspecified atom stereocenters. The van der Waals surface area contributed by atoms with Crippen LogP contribution in [0.2, 0.25) is 0 Å². The Morgan fingerprint density at radius 2 is 1.35 bits per heavy atom. The molecule has 1 rings (SSSR count). The quantitative estimate of drug-likeness (QED) is 0.377. The largest absolute Gasteiger partial charge is 0.106 e. The molecular weight excluding hydrogens is 270 g/mol. The van der Waals surface area contributed by atoms with Crippen LogP contribution >= 0.6 is 9.24 Å². The summed E-state index contributed by atoms with van der Waals surface area (Å²) in [4.78, 5) is 0. The molecule has 1 aromatic rings. The van der Waals surface area contributed by atoms with E-state index in [2.05, 4.69) is 40.4 Å². The van der Waals surface area contributed by atoms with Gasteiger partial charge in [0.2, 0.25) is 0 Å². The summed E-state index contributed by atoms with van der Waals surface area (Å²) in [5, 5.41) is 1.28. The summed E-state index contributed by atoms with van der Waals surface area (Å²) in [6.45, 7) is 2.27. The van der Waals surface area contributed by atoms with E-state index in [1.807, 2.05) is 0 Å². The Morgan fingerprint density at radius 3 is 1.94 bits per heavy atom. The molecule has 2 heteroatoms. The Bertz CT molecular complexity index is 269. The Morgan fingerprint density at radius 1 is 0.824 bits per heavy atom. The van der Waals surface area contributed by atoms with Crippen LogP contribution in [0.3, 0.4) is 0 Å². The first-order valence-corrected chi connectivity index (χ1v) is 7.25. The summed E-state index contributed by atoms with van der Waals surface area (Å²) in [7, 11) is 2.73. The third-order valence-corrected chi connectivity index (χ3v) is 3.43. The summed E-state index contributed by atoms with van der Waals surface area (Å²) in [5.41, 5.74) is 1.49.